The van der Waals surface area contributed by atoms with Crippen LogP contribution in [0.2, 0.25) is 0 Å². The van der Waals surface area contributed by atoms with Gasteiger partial charge in [0.1, 0.15) is 17.9 Å². The maximum Gasteiger partial charge on any atom is 0.246 e. The molecule has 108 valence electrons. The van der Waals surface area contributed by atoms with E-state index >= 15 is 0 Å². The zero-order chi connectivity index (χ0) is 14.9. The van der Waals surface area contributed by atoms with Gasteiger partial charge in [-0.2, -0.15) is 0 Å². The second-order valence-electron chi connectivity index (χ2n) is 5.13. The average Bonchev–Trinajstić information content (AvgIpc) is 2.42. The number of rotatable bonds is 3. The van der Waals surface area contributed by atoms with E-state index in [0.717, 1.165) is 5.56 Å². The largest absolute Gasteiger partial charge is 0.343 e. The molecule has 0 saturated carbocycles. The Morgan fingerprint density at radius 1 is 1.30 bits per heavy atom. The quantitative estimate of drug-likeness (QED) is 0.919. The third-order valence-electron chi connectivity index (χ3n) is 3.78. The Hall–Kier alpha value is -1.91. The van der Waals surface area contributed by atoms with Crippen molar-refractivity contribution in [2.75, 3.05) is 0 Å². The highest BCUT2D eigenvalue weighted by molar-refractivity contribution is 5.96. The second-order valence-corrected chi connectivity index (χ2v) is 5.13. The number of amides is 2. The Kier molecular flexibility index (Phi) is 4.06. The maximum absolute atomic E-state index is 13.0. The minimum Gasteiger partial charge on any atom is -0.343 e. The van der Waals surface area contributed by atoms with Crippen molar-refractivity contribution in [3.05, 3.63) is 35.6 Å². The molecule has 0 spiro atoms. The summed E-state index contributed by atoms with van der Waals surface area (Å²) < 4.78 is 13.0. The van der Waals surface area contributed by atoms with Crippen molar-refractivity contribution in [2.24, 2.45) is 0 Å². The topological polar surface area (TPSA) is 49.4 Å². The highest BCUT2D eigenvalue weighted by Gasteiger charge is 2.40. The number of piperazine rings is 1. The number of carbonyl (C=O) groups is 2. The van der Waals surface area contributed by atoms with Crippen LogP contribution in [0, 0.1) is 5.82 Å². The van der Waals surface area contributed by atoms with E-state index in [9.17, 15) is 14.0 Å². The lowest BCUT2D eigenvalue weighted by Crippen LogP contribution is -2.62. The highest BCUT2D eigenvalue weighted by atomic mass is 19.1. The molecule has 1 heterocycles. The van der Waals surface area contributed by atoms with Crippen molar-refractivity contribution in [2.45, 2.75) is 45.3 Å². The fourth-order valence-corrected chi connectivity index (χ4v) is 2.62. The van der Waals surface area contributed by atoms with Crippen LogP contribution in [0.3, 0.4) is 0 Å². The van der Waals surface area contributed by atoms with E-state index in [0.29, 0.717) is 6.42 Å². The van der Waals surface area contributed by atoms with Gasteiger partial charge in [0.25, 0.3) is 0 Å². The monoisotopic (exact) mass is 278 g/mol. The summed E-state index contributed by atoms with van der Waals surface area (Å²) in [5.41, 5.74) is 0.820. The molecule has 1 N–H and O–H groups in total. The minimum atomic E-state index is -0.520. The predicted molar refractivity (Wildman–Crippen MR) is 73.3 cm³/mol. The molecule has 1 aliphatic rings. The lowest BCUT2D eigenvalue weighted by molar-refractivity contribution is -0.151. The molecule has 20 heavy (non-hydrogen) atoms. The van der Waals surface area contributed by atoms with Gasteiger partial charge in [-0.1, -0.05) is 19.1 Å². The van der Waals surface area contributed by atoms with Gasteiger partial charge >= 0.3 is 0 Å². The summed E-state index contributed by atoms with van der Waals surface area (Å²) in [6, 6.07) is 4.78. The molecule has 2 rings (SSSR count). The summed E-state index contributed by atoms with van der Waals surface area (Å²) in [7, 11) is 0. The molecule has 1 saturated heterocycles. The maximum atomic E-state index is 13.0. The number of nitrogens with one attached hydrogen (secondary N) is 1. The summed E-state index contributed by atoms with van der Waals surface area (Å²) in [4.78, 5) is 26.0. The summed E-state index contributed by atoms with van der Waals surface area (Å²) >= 11 is 0. The van der Waals surface area contributed by atoms with E-state index in [1.54, 1.807) is 24.0 Å². The van der Waals surface area contributed by atoms with Crippen LogP contribution in [0.4, 0.5) is 4.39 Å². The van der Waals surface area contributed by atoms with Gasteiger partial charge in [-0.15, -0.1) is 0 Å². The van der Waals surface area contributed by atoms with Gasteiger partial charge in [0.05, 0.1) is 6.04 Å². The van der Waals surface area contributed by atoms with Crippen molar-refractivity contribution in [1.29, 1.82) is 0 Å². The lowest BCUT2D eigenvalue weighted by Gasteiger charge is -2.41. The van der Waals surface area contributed by atoms with Crippen LogP contribution < -0.4 is 5.32 Å². The summed E-state index contributed by atoms with van der Waals surface area (Å²) in [5, 5.41) is 2.69. The van der Waals surface area contributed by atoms with E-state index < -0.39 is 12.1 Å². The zero-order valence-corrected chi connectivity index (χ0v) is 11.9. The minimum absolute atomic E-state index is 0.103. The number of hydrogen-bond donors (Lipinski definition) is 1. The van der Waals surface area contributed by atoms with Gasteiger partial charge < -0.3 is 10.2 Å². The van der Waals surface area contributed by atoms with Crippen molar-refractivity contribution in [3.8, 4) is 0 Å². The third-order valence-corrected chi connectivity index (χ3v) is 3.78. The first-order chi connectivity index (χ1) is 9.45. The van der Waals surface area contributed by atoms with Crippen LogP contribution in [0.15, 0.2) is 24.3 Å². The molecule has 1 aromatic rings. The Morgan fingerprint density at radius 2 is 1.90 bits per heavy atom. The van der Waals surface area contributed by atoms with Crippen LogP contribution in [-0.4, -0.2) is 28.8 Å². The molecule has 1 aliphatic heterocycles. The Labute approximate surface area is 118 Å². The van der Waals surface area contributed by atoms with E-state index in [4.69, 9.17) is 0 Å². The fraction of sp³-hybridized carbons (Fsp3) is 0.467. The third kappa shape index (κ3) is 2.53. The predicted octanol–water partition coefficient (Wildman–Crippen LogP) is 2.01. The van der Waals surface area contributed by atoms with Crippen LogP contribution >= 0.6 is 0 Å². The standard InChI is InChI=1S/C15H19FN2O2/c1-4-13-14(19)17-9(2)15(20)18(13)10(3)11-5-7-12(16)8-6-11/h5-10,13H,4H2,1-3H3,(H,17,19). The van der Waals surface area contributed by atoms with Gasteiger partial charge in [0.2, 0.25) is 11.8 Å². The SMILES string of the molecule is CCC1C(=O)NC(C)C(=O)N1C(C)c1ccc(F)cc1. The van der Waals surface area contributed by atoms with Crippen LogP contribution in [0.1, 0.15) is 38.8 Å². The summed E-state index contributed by atoms with van der Waals surface area (Å²) in [6.07, 6.45) is 0.551. The van der Waals surface area contributed by atoms with Crippen molar-refractivity contribution >= 4 is 11.8 Å². The smallest absolute Gasteiger partial charge is 0.246 e. The second kappa shape index (κ2) is 5.61. The van der Waals surface area contributed by atoms with Gasteiger partial charge in [0, 0.05) is 0 Å². The first kappa shape index (κ1) is 14.5. The number of halogens is 1. The van der Waals surface area contributed by atoms with Gasteiger partial charge in [-0.25, -0.2) is 4.39 Å². The van der Waals surface area contributed by atoms with Gasteiger partial charge in [-0.3, -0.25) is 9.59 Å². The number of carbonyl (C=O) groups excluding carboxylic acids is 2. The lowest BCUT2D eigenvalue weighted by atomic mass is 9.99. The van der Waals surface area contributed by atoms with Gasteiger partial charge in [0.15, 0.2) is 0 Å². The molecule has 0 bridgehead atoms. The zero-order valence-electron chi connectivity index (χ0n) is 11.9. The van der Waals surface area contributed by atoms with E-state index in [1.165, 1.54) is 12.1 Å². The molecule has 2 amide bonds. The molecular weight excluding hydrogens is 259 g/mol. The van der Waals surface area contributed by atoms with Crippen LogP contribution in [0.25, 0.3) is 0 Å². The molecule has 3 unspecified atom stereocenters. The summed E-state index contributed by atoms with van der Waals surface area (Å²) in [6.45, 7) is 5.41. The molecule has 3 atom stereocenters. The highest BCUT2D eigenvalue weighted by Crippen LogP contribution is 2.27. The Balaban J connectivity index is 2.33. The number of benzene rings is 1. The number of hydrogen-bond acceptors (Lipinski definition) is 2. The average molecular weight is 278 g/mol. The van der Waals surface area contributed by atoms with E-state index in [2.05, 4.69) is 5.32 Å². The van der Waals surface area contributed by atoms with Crippen LogP contribution in [-0.2, 0) is 9.59 Å². The van der Waals surface area contributed by atoms with E-state index in [-0.39, 0.29) is 23.7 Å². The molecule has 1 aromatic carbocycles. The Bertz CT molecular complexity index is 515. The first-order valence-electron chi connectivity index (χ1n) is 6.83. The molecular formula is C15H19FN2O2. The molecule has 1 fully saturated rings. The van der Waals surface area contributed by atoms with Gasteiger partial charge in [-0.05, 0) is 38.0 Å². The molecule has 0 aromatic heterocycles. The normalized spacial score (nSPS) is 24.5. The van der Waals surface area contributed by atoms with Crippen molar-refractivity contribution < 1.29 is 14.0 Å². The van der Waals surface area contributed by atoms with Crippen molar-refractivity contribution in [3.63, 3.8) is 0 Å². The van der Waals surface area contributed by atoms with E-state index in [1.807, 2.05) is 13.8 Å². The first-order valence-corrected chi connectivity index (χ1v) is 6.83. The molecule has 0 aliphatic carbocycles. The van der Waals surface area contributed by atoms with Crippen molar-refractivity contribution in [1.82, 2.24) is 10.2 Å². The Morgan fingerprint density at radius 3 is 2.45 bits per heavy atom. The fourth-order valence-electron chi connectivity index (χ4n) is 2.62. The molecule has 4 nitrogen and oxygen atoms in total. The molecule has 0 radical (unpaired) electrons. The molecule has 5 heteroatoms. The number of nitrogens with zero attached hydrogens (tertiary/aromatic N) is 1. The summed E-state index contributed by atoms with van der Waals surface area (Å²) in [5.74, 6) is -0.550. The van der Waals surface area contributed by atoms with Crippen LogP contribution in [0.5, 0.6) is 0 Å².